The van der Waals surface area contributed by atoms with Crippen LogP contribution < -0.4 is 10.5 Å². The van der Waals surface area contributed by atoms with Crippen LogP contribution in [0.25, 0.3) is 16.9 Å². The van der Waals surface area contributed by atoms with Gasteiger partial charge < -0.3 is 10.5 Å². The van der Waals surface area contributed by atoms with Crippen LogP contribution >= 0.6 is 0 Å². The Morgan fingerprint density at radius 2 is 2.05 bits per heavy atom. The second-order valence-corrected chi connectivity index (χ2v) is 4.46. The summed E-state index contributed by atoms with van der Waals surface area (Å²) in [6.45, 7) is 2.01. The van der Waals surface area contributed by atoms with E-state index in [1.807, 2.05) is 53.9 Å². The van der Waals surface area contributed by atoms with Crippen LogP contribution in [0.5, 0.6) is 5.75 Å². The first-order valence-corrected chi connectivity index (χ1v) is 6.08. The molecule has 0 fully saturated rings. The number of hydrogen-bond donors (Lipinski definition) is 1. The van der Waals surface area contributed by atoms with E-state index in [4.69, 9.17) is 10.5 Å². The number of nitrogens with two attached hydrogens (primary N) is 1. The summed E-state index contributed by atoms with van der Waals surface area (Å²) in [6, 6.07) is 11.8. The number of nitrogens with zero attached hydrogens (tertiary/aromatic N) is 2. The summed E-state index contributed by atoms with van der Waals surface area (Å²) in [6.07, 6.45) is 1.91. The van der Waals surface area contributed by atoms with E-state index >= 15 is 0 Å². The minimum absolute atomic E-state index is 0.653. The molecule has 0 spiro atoms. The van der Waals surface area contributed by atoms with Gasteiger partial charge in [0.05, 0.1) is 7.11 Å². The standard InChI is InChI=1S/C15H15N3O/c1-10-9-11(6-7-12(10)19-2)14-15(16)18-8-4-3-5-13(18)17-14/h3-9H,16H2,1-2H3. The lowest BCUT2D eigenvalue weighted by Gasteiger charge is -2.06. The first kappa shape index (κ1) is 11.6. The molecule has 0 atom stereocenters. The van der Waals surface area contributed by atoms with Crippen molar-refractivity contribution in [1.29, 1.82) is 0 Å². The third-order valence-electron chi connectivity index (χ3n) is 3.24. The van der Waals surface area contributed by atoms with Crippen LogP contribution in [0.2, 0.25) is 0 Å². The Morgan fingerprint density at radius 1 is 1.21 bits per heavy atom. The fourth-order valence-electron chi connectivity index (χ4n) is 2.25. The molecule has 0 radical (unpaired) electrons. The van der Waals surface area contributed by atoms with E-state index in [0.29, 0.717) is 5.82 Å². The molecule has 0 aliphatic heterocycles. The Hall–Kier alpha value is -2.49. The molecule has 1 aromatic carbocycles. The van der Waals surface area contributed by atoms with E-state index in [-0.39, 0.29) is 0 Å². The van der Waals surface area contributed by atoms with E-state index in [0.717, 1.165) is 28.2 Å². The Balaban J connectivity index is 2.19. The first-order chi connectivity index (χ1) is 9.20. The number of benzene rings is 1. The number of aromatic nitrogens is 2. The third kappa shape index (κ3) is 1.81. The smallest absolute Gasteiger partial charge is 0.139 e. The normalized spacial score (nSPS) is 10.8. The predicted octanol–water partition coefficient (Wildman–Crippen LogP) is 2.90. The fraction of sp³-hybridized carbons (Fsp3) is 0.133. The average Bonchev–Trinajstić information content (AvgIpc) is 2.77. The number of methoxy groups -OCH3 is 1. The molecule has 19 heavy (non-hydrogen) atoms. The molecule has 0 aliphatic rings. The second kappa shape index (κ2) is 4.31. The van der Waals surface area contributed by atoms with Crippen molar-refractivity contribution < 1.29 is 4.74 Å². The topological polar surface area (TPSA) is 52.5 Å². The van der Waals surface area contributed by atoms with Gasteiger partial charge in [0.25, 0.3) is 0 Å². The van der Waals surface area contributed by atoms with Crippen molar-refractivity contribution in [2.24, 2.45) is 0 Å². The number of anilines is 1. The molecular weight excluding hydrogens is 238 g/mol. The van der Waals surface area contributed by atoms with E-state index < -0.39 is 0 Å². The number of aryl methyl sites for hydroxylation is 1. The van der Waals surface area contributed by atoms with E-state index in [1.165, 1.54) is 0 Å². The average molecular weight is 253 g/mol. The van der Waals surface area contributed by atoms with Gasteiger partial charge in [0.15, 0.2) is 0 Å². The lowest BCUT2D eigenvalue weighted by Crippen LogP contribution is -1.94. The molecule has 2 N–H and O–H groups in total. The monoisotopic (exact) mass is 253 g/mol. The molecular formula is C15H15N3O. The number of ether oxygens (including phenoxy) is 1. The Bertz CT molecular complexity index is 746. The van der Waals surface area contributed by atoms with Gasteiger partial charge in [-0.1, -0.05) is 6.07 Å². The van der Waals surface area contributed by atoms with Crippen LogP contribution in [0.4, 0.5) is 5.82 Å². The molecule has 0 aliphatic carbocycles. The van der Waals surface area contributed by atoms with E-state index in [2.05, 4.69) is 4.98 Å². The third-order valence-corrected chi connectivity index (χ3v) is 3.24. The Morgan fingerprint density at radius 3 is 2.74 bits per heavy atom. The Kier molecular flexibility index (Phi) is 2.63. The number of nitrogen functional groups attached to an aromatic ring is 1. The highest BCUT2D eigenvalue weighted by Crippen LogP contribution is 2.29. The van der Waals surface area contributed by atoms with Gasteiger partial charge in [0.1, 0.15) is 22.9 Å². The maximum atomic E-state index is 6.16. The highest BCUT2D eigenvalue weighted by atomic mass is 16.5. The molecule has 2 heterocycles. The minimum Gasteiger partial charge on any atom is -0.496 e. The molecule has 0 amide bonds. The zero-order valence-corrected chi connectivity index (χ0v) is 10.9. The summed E-state index contributed by atoms with van der Waals surface area (Å²) in [5.74, 6) is 1.52. The van der Waals surface area contributed by atoms with Gasteiger partial charge in [0.2, 0.25) is 0 Å². The molecule has 3 aromatic rings. The quantitative estimate of drug-likeness (QED) is 0.764. The highest BCUT2D eigenvalue weighted by molar-refractivity contribution is 5.75. The number of fused-ring (bicyclic) bond motifs is 1. The first-order valence-electron chi connectivity index (χ1n) is 6.08. The molecule has 0 saturated heterocycles. The summed E-state index contributed by atoms with van der Waals surface area (Å²) < 4.78 is 7.15. The van der Waals surface area contributed by atoms with Gasteiger partial charge >= 0.3 is 0 Å². The molecule has 4 nitrogen and oxygen atoms in total. The van der Waals surface area contributed by atoms with Gasteiger partial charge in [-0.25, -0.2) is 4.98 Å². The van der Waals surface area contributed by atoms with Crippen LogP contribution in [0, 0.1) is 6.92 Å². The fourth-order valence-corrected chi connectivity index (χ4v) is 2.25. The van der Waals surface area contributed by atoms with Crippen molar-refractivity contribution in [3.8, 4) is 17.0 Å². The van der Waals surface area contributed by atoms with Gasteiger partial charge in [-0.3, -0.25) is 4.40 Å². The van der Waals surface area contributed by atoms with Crippen molar-refractivity contribution in [2.75, 3.05) is 12.8 Å². The van der Waals surface area contributed by atoms with Crippen LogP contribution in [0.3, 0.4) is 0 Å². The largest absolute Gasteiger partial charge is 0.496 e. The number of rotatable bonds is 2. The van der Waals surface area contributed by atoms with Gasteiger partial charge in [0, 0.05) is 11.8 Å². The van der Waals surface area contributed by atoms with E-state index in [9.17, 15) is 0 Å². The van der Waals surface area contributed by atoms with Gasteiger partial charge in [-0.15, -0.1) is 0 Å². The van der Waals surface area contributed by atoms with Crippen molar-refractivity contribution >= 4 is 11.5 Å². The molecule has 3 rings (SSSR count). The summed E-state index contributed by atoms with van der Waals surface area (Å²) in [7, 11) is 1.67. The summed E-state index contributed by atoms with van der Waals surface area (Å²) >= 11 is 0. The zero-order valence-electron chi connectivity index (χ0n) is 10.9. The lowest BCUT2D eigenvalue weighted by atomic mass is 10.1. The van der Waals surface area contributed by atoms with Crippen molar-refractivity contribution in [2.45, 2.75) is 6.92 Å². The zero-order chi connectivity index (χ0) is 13.4. The predicted molar refractivity (Wildman–Crippen MR) is 76.3 cm³/mol. The Labute approximate surface area is 111 Å². The number of hydrogen-bond acceptors (Lipinski definition) is 3. The number of pyridine rings is 1. The van der Waals surface area contributed by atoms with Gasteiger partial charge in [-0.05, 0) is 42.8 Å². The molecule has 0 unspecified atom stereocenters. The van der Waals surface area contributed by atoms with Crippen molar-refractivity contribution in [1.82, 2.24) is 9.38 Å². The molecule has 96 valence electrons. The molecule has 0 bridgehead atoms. The molecule has 0 saturated carbocycles. The summed E-state index contributed by atoms with van der Waals surface area (Å²) in [5, 5.41) is 0. The molecule has 4 heteroatoms. The highest BCUT2D eigenvalue weighted by Gasteiger charge is 2.11. The van der Waals surface area contributed by atoms with Gasteiger partial charge in [-0.2, -0.15) is 0 Å². The summed E-state index contributed by atoms with van der Waals surface area (Å²) in [5.41, 5.74) is 9.88. The summed E-state index contributed by atoms with van der Waals surface area (Å²) in [4.78, 5) is 4.58. The van der Waals surface area contributed by atoms with Crippen LogP contribution in [0.1, 0.15) is 5.56 Å². The number of imidazole rings is 1. The molecule has 2 aromatic heterocycles. The van der Waals surface area contributed by atoms with Crippen LogP contribution in [-0.2, 0) is 0 Å². The van der Waals surface area contributed by atoms with Crippen molar-refractivity contribution in [3.63, 3.8) is 0 Å². The van der Waals surface area contributed by atoms with E-state index in [1.54, 1.807) is 7.11 Å². The second-order valence-electron chi connectivity index (χ2n) is 4.46. The maximum absolute atomic E-state index is 6.16. The SMILES string of the molecule is COc1ccc(-c2nc3ccccn3c2N)cc1C. The van der Waals surface area contributed by atoms with Crippen molar-refractivity contribution in [3.05, 3.63) is 48.2 Å². The minimum atomic E-state index is 0.653. The van der Waals surface area contributed by atoms with Crippen LogP contribution in [0.15, 0.2) is 42.6 Å². The maximum Gasteiger partial charge on any atom is 0.139 e. The lowest BCUT2D eigenvalue weighted by molar-refractivity contribution is 0.412. The van der Waals surface area contributed by atoms with Crippen LogP contribution in [-0.4, -0.2) is 16.5 Å².